The maximum Gasteiger partial charge on any atom is 0.243 e. The minimum atomic E-state index is -0.776. The van der Waals surface area contributed by atoms with E-state index >= 15 is 0 Å². The van der Waals surface area contributed by atoms with Crippen LogP contribution >= 0.6 is 0 Å². The van der Waals surface area contributed by atoms with Crippen molar-refractivity contribution in [3.05, 3.63) is 0 Å². The van der Waals surface area contributed by atoms with Gasteiger partial charge in [0.2, 0.25) is 53.2 Å². The highest BCUT2D eigenvalue weighted by Gasteiger charge is 2.28. The van der Waals surface area contributed by atoms with Gasteiger partial charge in [0, 0.05) is 38.9 Å². The summed E-state index contributed by atoms with van der Waals surface area (Å²) >= 11 is 0. The van der Waals surface area contributed by atoms with Gasteiger partial charge in [0.25, 0.3) is 0 Å². The number of rotatable bonds is 71. The maximum absolute atomic E-state index is 13.7. The Morgan fingerprint density at radius 1 is 0.227 bits per heavy atom. The molecule has 0 fully saturated rings. The molecule has 97 heavy (non-hydrogen) atoms. The Labute approximate surface area is 585 Å². The monoisotopic (exact) mass is 1380 g/mol. The van der Waals surface area contributed by atoms with Crippen molar-refractivity contribution in [1.82, 2.24) is 42.5 Å². The molecule has 0 aromatic carbocycles. The lowest BCUT2D eigenvalue weighted by Crippen LogP contribution is -2.53. The van der Waals surface area contributed by atoms with E-state index in [1.165, 1.54) is 0 Å². The molecular formula is C72H144N16O9. The lowest BCUT2D eigenvalue weighted by Gasteiger charge is -2.23. The average molecular weight is 1380 g/mol. The Balaban J connectivity index is 4.70. The van der Waals surface area contributed by atoms with Gasteiger partial charge in [-0.25, -0.2) is 0 Å². The number of hydrogen-bond donors (Lipinski definition) is 16. The number of unbranched alkanes of at least 4 members (excludes halogenated alkanes) is 30. The summed E-state index contributed by atoms with van der Waals surface area (Å²) in [4.78, 5) is 117. The third kappa shape index (κ3) is 55.4. The van der Waals surface area contributed by atoms with Crippen LogP contribution in [0.1, 0.15) is 308 Å². The van der Waals surface area contributed by atoms with Crippen LogP contribution < -0.4 is 88.4 Å². The fraction of sp³-hybridized carbons (Fsp3) is 0.875. The summed E-state index contributed by atoms with van der Waals surface area (Å²) in [6, 6.07) is -4.13. The highest BCUT2D eigenvalue weighted by molar-refractivity contribution is 5.93. The van der Waals surface area contributed by atoms with Crippen molar-refractivity contribution in [3.63, 3.8) is 0 Å². The van der Waals surface area contributed by atoms with Gasteiger partial charge >= 0.3 is 0 Å². The molecule has 6 unspecified atom stereocenters. The van der Waals surface area contributed by atoms with E-state index in [1.807, 2.05) is 0 Å². The van der Waals surface area contributed by atoms with Crippen LogP contribution in [-0.4, -0.2) is 148 Å². The Hall–Kier alpha value is -5.05. The quantitative estimate of drug-likeness (QED) is 0.0308. The molecule has 24 N–H and O–H groups in total. The molecule has 0 aliphatic rings. The molecule has 0 saturated carbocycles. The number of carbonyl (C=O) groups excluding carboxylic acids is 9. The normalized spacial score (nSPS) is 13.1. The first-order valence-electron chi connectivity index (χ1n) is 38.7. The maximum atomic E-state index is 13.7. The van der Waals surface area contributed by atoms with Gasteiger partial charge in [-0.1, -0.05) is 141 Å². The van der Waals surface area contributed by atoms with E-state index in [1.54, 1.807) is 0 Å². The standard InChI is InChI=1S/C72H144N16O9/c73-49-31-25-40-58(79)68(93)81-55-37-19-13-7-1-5-11-17-23-47-65(90)85-62(44-29-35-53-77)71(96)88-61(43-28-34-52-76)70(95)83-57-39-21-15-9-3-6-12-18-24-48-66(91)86-63(45-30-36-54-78)72(97)87-60(42-27-33-51-75)69(94)82-56-38-20-14-8-2-4-10-16-22-46-64(89)84-59(67(80)92)41-26-32-50-74/h58-63H,1-57,73-79H2,(H2,80,92)(H,81,93)(H,82,94)(H,83,95)(H,84,89)(H,85,90)(H,86,91)(H,87,97)(H,88,96). The van der Waals surface area contributed by atoms with Crippen molar-refractivity contribution in [2.24, 2.45) is 45.9 Å². The molecule has 0 spiro atoms. The van der Waals surface area contributed by atoms with E-state index in [0.29, 0.717) is 155 Å². The van der Waals surface area contributed by atoms with E-state index in [2.05, 4.69) is 42.5 Å². The summed E-state index contributed by atoms with van der Waals surface area (Å²) in [5.41, 5.74) is 45.6. The van der Waals surface area contributed by atoms with Crippen LogP contribution in [0.5, 0.6) is 0 Å². The van der Waals surface area contributed by atoms with Crippen molar-refractivity contribution >= 4 is 53.2 Å². The van der Waals surface area contributed by atoms with Crippen LogP contribution in [0, 0.1) is 0 Å². The fourth-order valence-corrected chi connectivity index (χ4v) is 11.8. The number of carbonyl (C=O) groups is 9. The second kappa shape index (κ2) is 66.8. The molecule has 6 atom stereocenters. The lowest BCUT2D eigenvalue weighted by molar-refractivity contribution is -0.132. The number of nitrogens with two attached hydrogens (primary N) is 8. The second-order valence-corrected chi connectivity index (χ2v) is 26.9. The van der Waals surface area contributed by atoms with Gasteiger partial charge in [0.1, 0.15) is 30.2 Å². The third-order valence-corrected chi connectivity index (χ3v) is 17.9. The first kappa shape index (κ1) is 92.0. The van der Waals surface area contributed by atoms with Crippen LogP contribution in [0.25, 0.3) is 0 Å². The molecule has 0 radical (unpaired) electrons. The van der Waals surface area contributed by atoms with Crippen LogP contribution in [0.4, 0.5) is 0 Å². The molecular weight excluding hydrogens is 1230 g/mol. The largest absolute Gasteiger partial charge is 0.368 e. The van der Waals surface area contributed by atoms with E-state index in [4.69, 9.17) is 45.9 Å². The van der Waals surface area contributed by atoms with E-state index < -0.39 is 42.2 Å². The molecule has 0 aromatic heterocycles. The number of hydrogen-bond acceptors (Lipinski definition) is 16. The Bertz CT molecular complexity index is 2010. The predicted molar refractivity (Wildman–Crippen MR) is 392 cm³/mol. The van der Waals surface area contributed by atoms with Gasteiger partial charge in [0.15, 0.2) is 0 Å². The molecule has 566 valence electrons. The lowest BCUT2D eigenvalue weighted by atomic mass is 10.0. The summed E-state index contributed by atoms with van der Waals surface area (Å²) in [5.74, 6) is -2.31. The van der Waals surface area contributed by atoms with Crippen molar-refractivity contribution < 1.29 is 43.2 Å². The molecule has 25 nitrogen and oxygen atoms in total. The van der Waals surface area contributed by atoms with Gasteiger partial charge in [-0.15, -0.1) is 0 Å². The fourth-order valence-electron chi connectivity index (χ4n) is 11.8. The topological polar surface area (TPSA) is 458 Å². The van der Waals surface area contributed by atoms with Crippen molar-refractivity contribution in [1.29, 1.82) is 0 Å². The average Bonchev–Trinajstić information content (AvgIpc) is 0.978. The third-order valence-electron chi connectivity index (χ3n) is 17.9. The Morgan fingerprint density at radius 2 is 0.443 bits per heavy atom. The van der Waals surface area contributed by atoms with E-state index in [-0.39, 0.29) is 47.3 Å². The smallest absolute Gasteiger partial charge is 0.243 e. The summed E-state index contributed by atoms with van der Waals surface area (Å²) in [7, 11) is 0. The zero-order chi connectivity index (χ0) is 71.6. The number of primary amides is 1. The van der Waals surface area contributed by atoms with E-state index in [9.17, 15) is 43.2 Å². The van der Waals surface area contributed by atoms with Gasteiger partial charge in [-0.05, 0) is 187 Å². The molecule has 0 heterocycles. The zero-order valence-electron chi connectivity index (χ0n) is 60.6. The van der Waals surface area contributed by atoms with E-state index in [0.717, 1.165) is 212 Å². The minimum Gasteiger partial charge on any atom is -0.368 e. The molecule has 0 aliphatic heterocycles. The summed E-state index contributed by atoms with van der Waals surface area (Å²) in [6.07, 6.45) is 39.3. The van der Waals surface area contributed by atoms with Crippen molar-refractivity contribution in [2.45, 2.75) is 344 Å². The summed E-state index contributed by atoms with van der Waals surface area (Å²) in [6.45, 7) is 4.71. The number of amides is 9. The molecule has 0 saturated heterocycles. The molecule has 0 bridgehead atoms. The summed E-state index contributed by atoms with van der Waals surface area (Å²) < 4.78 is 0. The molecule has 0 rings (SSSR count). The highest BCUT2D eigenvalue weighted by atomic mass is 16.2. The molecule has 9 amide bonds. The Kier molecular flexibility index (Phi) is 63.3. The van der Waals surface area contributed by atoms with Gasteiger partial charge in [-0.3, -0.25) is 43.2 Å². The van der Waals surface area contributed by atoms with Crippen LogP contribution in [0.15, 0.2) is 0 Å². The number of nitrogens with one attached hydrogen (secondary N) is 8. The first-order valence-corrected chi connectivity index (χ1v) is 38.7. The van der Waals surface area contributed by atoms with Crippen LogP contribution in [0.2, 0.25) is 0 Å². The first-order chi connectivity index (χ1) is 47.1. The molecule has 0 aliphatic carbocycles. The predicted octanol–water partition coefficient (Wildman–Crippen LogP) is 6.05. The molecule has 0 aromatic rings. The SMILES string of the molecule is NCCCCC(N)C(=O)NCCCCCCCCCCCC(=O)NC(CCCCN)C(=O)NC(CCCCN)C(=O)NCCCCCCCCCCCC(=O)NC(CCCCN)C(=O)NC(CCCCN)C(=O)NCCCCCCCCCCCC(=O)NC(CCCCN)C(N)=O. The van der Waals surface area contributed by atoms with Crippen LogP contribution in [0.3, 0.4) is 0 Å². The van der Waals surface area contributed by atoms with Crippen LogP contribution in [-0.2, 0) is 43.2 Å². The Morgan fingerprint density at radius 3 is 0.711 bits per heavy atom. The minimum absolute atomic E-state index is 0.0855. The van der Waals surface area contributed by atoms with Gasteiger partial charge in [0.05, 0.1) is 6.04 Å². The van der Waals surface area contributed by atoms with Crippen molar-refractivity contribution in [2.75, 3.05) is 58.9 Å². The van der Waals surface area contributed by atoms with Gasteiger partial charge < -0.3 is 88.4 Å². The van der Waals surface area contributed by atoms with Gasteiger partial charge in [-0.2, -0.15) is 0 Å². The summed E-state index contributed by atoms with van der Waals surface area (Å²) in [5, 5.41) is 23.6. The highest BCUT2D eigenvalue weighted by Crippen LogP contribution is 2.16. The van der Waals surface area contributed by atoms with Crippen molar-refractivity contribution in [3.8, 4) is 0 Å². The molecule has 25 heteroatoms. The second-order valence-electron chi connectivity index (χ2n) is 26.9. The zero-order valence-corrected chi connectivity index (χ0v) is 60.6.